The number of rotatable bonds is 7. The van der Waals surface area contributed by atoms with Gasteiger partial charge in [0.05, 0.1) is 17.4 Å². The molecule has 8 heteroatoms. The number of carboxylic acids is 1. The number of ether oxygens (including phenoxy) is 1. The van der Waals surface area contributed by atoms with E-state index in [0.717, 1.165) is 19.1 Å². The quantitative estimate of drug-likeness (QED) is 0.761. The van der Waals surface area contributed by atoms with E-state index in [9.17, 15) is 13.2 Å². The van der Waals surface area contributed by atoms with E-state index in [0.29, 0.717) is 29.3 Å². The van der Waals surface area contributed by atoms with Gasteiger partial charge in [-0.05, 0) is 43.9 Å². The monoisotopic (exact) mass is 375 g/mol. The van der Waals surface area contributed by atoms with Gasteiger partial charge >= 0.3 is 5.97 Å². The van der Waals surface area contributed by atoms with Gasteiger partial charge in [0, 0.05) is 17.3 Å². The lowest BCUT2D eigenvalue weighted by Crippen LogP contribution is -2.29. The highest BCUT2D eigenvalue weighted by molar-refractivity contribution is 7.90. The number of hydrogen-bond acceptors (Lipinski definition) is 5. The van der Waals surface area contributed by atoms with E-state index in [1.165, 1.54) is 0 Å². The molecule has 0 unspecified atom stereocenters. The molecule has 1 fully saturated rings. The number of anilines is 1. The van der Waals surface area contributed by atoms with Crippen molar-refractivity contribution in [2.24, 2.45) is 5.92 Å². The van der Waals surface area contributed by atoms with Crippen molar-refractivity contribution in [2.75, 3.05) is 23.9 Å². The molecule has 0 saturated heterocycles. The summed E-state index contributed by atoms with van der Waals surface area (Å²) in [6.07, 6.45) is 3.95. The second kappa shape index (κ2) is 8.07. The smallest absolute Gasteiger partial charge is 0.306 e. The van der Waals surface area contributed by atoms with Crippen LogP contribution in [0.1, 0.15) is 25.7 Å². The molecule has 6 nitrogen and oxygen atoms in total. The van der Waals surface area contributed by atoms with Crippen LogP contribution in [0.5, 0.6) is 5.75 Å². The summed E-state index contributed by atoms with van der Waals surface area (Å²) < 4.78 is 28.0. The topological polar surface area (TPSA) is 92.7 Å². The molecule has 0 amide bonds. The van der Waals surface area contributed by atoms with E-state index in [1.807, 2.05) is 0 Å². The van der Waals surface area contributed by atoms with Crippen LogP contribution in [0.25, 0.3) is 0 Å². The standard InChI is InChI=1S/C16H22ClNO5S/c1-24(21,22)9-8-23-15-7-4-12(17)10-14(15)18-13-5-2-11(3-6-13)16(19)20/h4,7,10-11,13,18H,2-3,5-6,8-9H2,1H3,(H,19,20). The van der Waals surface area contributed by atoms with E-state index in [1.54, 1.807) is 18.2 Å². The number of carboxylic acid groups (broad SMARTS) is 1. The van der Waals surface area contributed by atoms with Crippen molar-refractivity contribution in [2.45, 2.75) is 31.7 Å². The number of carbonyl (C=O) groups is 1. The Hall–Kier alpha value is -1.47. The largest absolute Gasteiger partial charge is 0.490 e. The maximum absolute atomic E-state index is 11.2. The van der Waals surface area contributed by atoms with Gasteiger partial charge in [0.2, 0.25) is 0 Å². The molecule has 0 radical (unpaired) electrons. The number of benzene rings is 1. The SMILES string of the molecule is CS(=O)(=O)CCOc1ccc(Cl)cc1NC1CCC(C(=O)O)CC1. The van der Waals surface area contributed by atoms with Crippen LogP contribution in [0, 0.1) is 5.92 Å². The number of sulfone groups is 1. The minimum absolute atomic E-state index is 0.0568. The third-order valence-corrected chi connectivity index (χ3v) is 5.23. The van der Waals surface area contributed by atoms with Gasteiger partial charge < -0.3 is 15.2 Å². The van der Waals surface area contributed by atoms with Crippen LogP contribution in [0.15, 0.2) is 18.2 Å². The van der Waals surface area contributed by atoms with Crippen molar-refractivity contribution in [3.8, 4) is 5.75 Å². The summed E-state index contributed by atoms with van der Waals surface area (Å²) >= 11 is 6.04. The molecule has 0 atom stereocenters. The Bertz CT molecular complexity index is 684. The minimum Gasteiger partial charge on any atom is -0.490 e. The highest BCUT2D eigenvalue weighted by atomic mass is 35.5. The van der Waals surface area contributed by atoms with Gasteiger partial charge in [-0.2, -0.15) is 0 Å². The summed E-state index contributed by atoms with van der Waals surface area (Å²) in [7, 11) is -3.08. The number of halogens is 1. The van der Waals surface area contributed by atoms with Crippen LogP contribution in [-0.4, -0.2) is 44.2 Å². The summed E-state index contributed by atoms with van der Waals surface area (Å²) in [5, 5.41) is 12.9. The Morgan fingerprint density at radius 2 is 2.00 bits per heavy atom. The molecule has 1 aliphatic carbocycles. The number of hydrogen-bond donors (Lipinski definition) is 2. The van der Waals surface area contributed by atoms with Crippen LogP contribution in [0.2, 0.25) is 5.02 Å². The number of aliphatic carboxylic acids is 1. The lowest BCUT2D eigenvalue weighted by Gasteiger charge is -2.28. The molecule has 1 saturated carbocycles. The Kier molecular flexibility index (Phi) is 6.34. The third-order valence-electron chi connectivity index (χ3n) is 4.09. The molecule has 0 heterocycles. The van der Waals surface area contributed by atoms with Crippen LogP contribution in [0.4, 0.5) is 5.69 Å². The Morgan fingerprint density at radius 1 is 1.33 bits per heavy atom. The molecule has 134 valence electrons. The first-order chi connectivity index (χ1) is 11.2. The van der Waals surface area contributed by atoms with E-state index in [2.05, 4.69) is 5.32 Å². The predicted molar refractivity (Wildman–Crippen MR) is 93.7 cm³/mol. The fraction of sp³-hybridized carbons (Fsp3) is 0.562. The molecule has 1 aliphatic rings. The molecule has 0 bridgehead atoms. The van der Waals surface area contributed by atoms with Gasteiger partial charge in [-0.15, -0.1) is 0 Å². The van der Waals surface area contributed by atoms with Gasteiger partial charge in [0.25, 0.3) is 0 Å². The summed E-state index contributed by atoms with van der Waals surface area (Å²) in [4.78, 5) is 11.0. The Morgan fingerprint density at radius 3 is 2.58 bits per heavy atom. The van der Waals surface area contributed by atoms with Gasteiger partial charge in [0.1, 0.15) is 12.4 Å². The van der Waals surface area contributed by atoms with Crippen LogP contribution in [0.3, 0.4) is 0 Å². The normalized spacial score (nSPS) is 21.2. The molecule has 0 aromatic heterocycles. The molecular formula is C16H22ClNO5S. The fourth-order valence-corrected chi connectivity index (χ4v) is 3.31. The van der Waals surface area contributed by atoms with Gasteiger partial charge in [-0.1, -0.05) is 11.6 Å². The molecule has 1 aromatic carbocycles. The van der Waals surface area contributed by atoms with E-state index < -0.39 is 15.8 Å². The predicted octanol–water partition coefficient (Wildman–Crippen LogP) is 2.82. The summed E-state index contributed by atoms with van der Waals surface area (Å²) in [6.45, 7) is 0.0703. The Labute approximate surface area is 147 Å². The highest BCUT2D eigenvalue weighted by Gasteiger charge is 2.26. The lowest BCUT2D eigenvalue weighted by atomic mass is 9.86. The lowest BCUT2D eigenvalue weighted by molar-refractivity contribution is -0.142. The zero-order valence-corrected chi connectivity index (χ0v) is 15.1. The van der Waals surface area contributed by atoms with Crippen molar-refractivity contribution >= 4 is 33.1 Å². The summed E-state index contributed by atoms with van der Waals surface area (Å²) in [5.41, 5.74) is 0.703. The molecule has 0 spiro atoms. The third kappa shape index (κ3) is 5.87. The minimum atomic E-state index is -3.08. The first kappa shape index (κ1) is 18.9. The van der Waals surface area contributed by atoms with Crippen LogP contribution >= 0.6 is 11.6 Å². The molecular weight excluding hydrogens is 354 g/mol. The summed E-state index contributed by atoms with van der Waals surface area (Å²) in [6, 6.07) is 5.27. The number of nitrogens with one attached hydrogen (secondary N) is 1. The van der Waals surface area contributed by atoms with Crippen LogP contribution < -0.4 is 10.1 Å². The summed E-state index contributed by atoms with van der Waals surface area (Å²) in [5.74, 6) is -0.518. The van der Waals surface area contributed by atoms with Crippen molar-refractivity contribution < 1.29 is 23.1 Å². The van der Waals surface area contributed by atoms with Crippen molar-refractivity contribution in [1.29, 1.82) is 0 Å². The maximum Gasteiger partial charge on any atom is 0.306 e. The van der Waals surface area contributed by atoms with Crippen LogP contribution in [-0.2, 0) is 14.6 Å². The van der Waals surface area contributed by atoms with E-state index >= 15 is 0 Å². The molecule has 0 aliphatic heterocycles. The van der Waals surface area contributed by atoms with Gasteiger partial charge in [-0.25, -0.2) is 8.42 Å². The zero-order chi connectivity index (χ0) is 17.7. The zero-order valence-electron chi connectivity index (χ0n) is 13.5. The average Bonchev–Trinajstić information content (AvgIpc) is 2.49. The van der Waals surface area contributed by atoms with E-state index in [4.69, 9.17) is 21.4 Å². The fourth-order valence-electron chi connectivity index (χ4n) is 2.75. The van der Waals surface area contributed by atoms with Crippen molar-refractivity contribution in [1.82, 2.24) is 0 Å². The van der Waals surface area contributed by atoms with E-state index in [-0.39, 0.29) is 24.3 Å². The Balaban J connectivity index is 1.98. The molecule has 1 aromatic rings. The first-order valence-electron chi connectivity index (χ1n) is 7.84. The first-order valence-corrected chi connectivity index (χ1v) is 10.3. The average molecular weight is 376 g/mol. The van der Waals surface area contributed by atoms with Crippen molar-refractivity contribution in [3.05, 3.63) is 23.2 Å². The molecule has 2 rings (SSSR count). The van der Waals surface area contributed by atoms with Gasteiger partial charge in [-0.3, -0.25) is 4.79 Å². The second-order valence-electron chi connectivity index (χ2n) is 6.15. The van der Waals surface area contributed by atoms with Gasteiger partial charge in [0.15, 0.2) is 9.84 Å². The molecule has 2 N–H and O–H groups in total. The maximum atomic E-state index is 11.2. The molecule has 24 heavy (non-hydrogen) atoms. The highest BCUT2D eigenvalue weighted by Crippen LogP contribution is 2.32. The second-order valence-corrected chi connectivity index (χ2v) is 8.85. The van der Waals surface area contributed by atoms with Crippen molar-refractivity contribution in [3.63, 3.8) is 0 Å².